The van der Waals surface area contributed by atoms with Crippen LogP contribution < -0.4 is 14.9 Å². The monoisotopic (exact) mass is 679 g/mol. The van der Waals surface area contributed by atoms with Crippen molar-refractivity contribution in [3.63, 3.8) is 0 Å². The maximum Gasteiger partial charge on any atom is 0.293 e. The summed E-state index contributed by atoms with van der Waals surface area (Å²) in [5.74, 6) is 0.102. The summed E-state index contributed by atoms with van der Waals surface area (Å²) in [7, 11) is -4.20. The van der Waals surface area contributed by atoms with E-state index in [1.807, 2.05) is 24.3 Å². The molecule has 7 rings (SSSR count). The lowest BCUT2D eigenvalue weighted by Crippen LogP contribution is -2.46. The van der Waals surface area contributed by atoms with Crippen molar-refractivity contribution in [2.45, 2.75) is 30.3 Å². The molecule has 2 saturated heterocycles. The third kappa shape index (κ3) is 7.33. The first-order valence-corrected chi connectivity index (χ1v) is 17.8. The van der Waals surface area contributed by atoms with Crippen LogP contribution in [-0.2, 0) is 21.3 Å². The van der Waals surface area contributed by atoms with Gasteiger partial charge in [-0.05, 0) is 59.9 Å². The van der Waals surface area contributed by atoms with Gasteiger partial charge in [0.25, 0.3) is 15.7 Å². The van der Waals surface area contributed by atoms with Gasteiger partial charge in [0.15, 0.2) is 5.82 Å². The van der Waals surface area contributed by atoms with Crippen LogP contribution in [0.2, 0.25) is 0 Å². The number of aromatic nitrogens is 2. The van der Waals surface area contributed by atoms with Crippen molar-refractivity contribution in [2.75, 3.05) is 54.3 Å². The molecular weight excluding hydrogens is 643 g/mol. The number of nitrogens with one attached hydrogen (secondary N) is 2. The molecule has 0 unspecified atom stereocenters. The summed E-state index contributed by atoms with van der Waals surface area (Å²) in [4.78, 5) is 24.5. The van der Waals surface area contributed by atoms with Gasteiger partial charge in [-0.3, -0.25) is 19.7 Å². The van der Waals surface area contributed by atoms with Crippen LogP contribution in [-0.4, -0.2) is 73.6 Å². The van der Waals surface area contributed by atoms with E-state index in [2.05, 4.69) is 78.3 Å². The average molecular weight is 680 g/mol. The minimum absolute atomic E-state index is 0.0107. The molecule has 5 aromatic rings. The van der Waals surface area contributed by atoms with Crippen LogP contribution in [0.5, 0.6) is 0 Å². The summed E-state index contributed by atoms with van der Waals surface area (Å²) < 4.78 is 34.8. The fourth-order valence-corrected chi connectivity index (χ4v) is 7.53. The largest absolute Gasteiger partial charge is 0.381 e. The van der Waals surface area contributed by atoms with E-state index in [-0.39, 0.29) is 28.1 Å². The number of hydrogen-bond acceptors (Lipinski definition) is 10. The topological polar surface area (TPSA) is 143 Å². The average Bonchev–Trinajstić information content (AvgIpc) is 3.13. The van der Waals surface area contributed by atoms with Gasteiger partial charge in [-0.2, -0.15) is 0 Å². The van der Waals surface area contributed by atoms with Crippen molar-refractivity contribution >= 4 is 43.8 Å². The molecule has 252 valence electrons. The Morgan fingerprint density at radius 1 is 0.878 bits per heavy atom. The number of anilines is 3. The Labute approximate surface area is 285 Å². The number of rotatable bonds is 10. The quantitative estimate of drug-likeness (QED) is 0.135. The third-order valence-electron chi connectivity index (χ3n) is 9.14. The summed E-state index contributed by atoms with van der Waals surface area (Å²) in [5, 5.41) is 15.6. The van der Waals surface area contributed by atoms with Crippen LogP contribution in [0.1, 0.15) is 18.4 Å². The van der Waals surface area contributed by atoms with Gasteiger partial charge < -0.3 is 15.0 Å². The van der Waals surface area contributed by atoms with E-state index >= 15 is 0 Å². The van der Waals surface area contributed by atoms with Crippen LogP contribution in [0.4, 0.5) is 22.9 Å². The number of nitrogens with zero attached hydrogens (tertiary/aromatic N) is 5. The standard InChI is InChI=1S/C36H37N7O5S/c44-43(45)35-23-30(11-13-33(35)39-28-14-20-48-21-15-28)49(46,47)40-36-32-12-10-29(22-34(32)37-25-38-36)42-18-16-41(17-19-42)24-27-8-4-5-9-31(27)26-6-2-1-3-7-26/h1-13,22-23,25,28,39H,14-21,24H2,(H,37,38,40). The van der Waals surface area contributed by atoms with Gasteiger partial charge in [-0.15, -0.1) is 0 Å². The van der Waals surface area contributed by atoms with Crippen molar-refractivity contribution < 1.29 is 18.1 Å². The van der Waals surface area contributed by atoms with Crippen molar-refractivity contribution in [1.29, 1.82) is 0 Å². The summed E-state index contributed by atoms with van der Waals surface area (Å²) in [6, 6.07) is 28.6. The van der Waals surface area contributed by atoms with E-state index < -0.39 is 14.9 Å². The Morgan fingerprint density at radius 3 is 2.41 bits per heavy atom. The second-order valence-electron chi connectivity index (χ2n) is 12.3. The molecular formula is C36H37N7O5S. The van der Waals surface area contributed by atoms with Crippen molar-refractivity contribution in [1.82, 2.24) is 14.9 Å². The van der Waals surface area contributed by atoms with E-state index in [9.17, 15) is 18.5 Å². The molecule has 2 aliphatic heterocycles. The number of piperazine rings is 1. The molecule has 1 aromatic heterocycles. The summed E-state index contributed by atoms with van der Waals surface area (Å²) >= 11 is 0. The number of nitro benzene ring substituents is 1. The van der Waals surface area contributed by atoms with Gasteiger partial charge in [0.1, 0.15) is 12.0 Å². The highest BCUT2D eigenvalue weighted by Gasteiger charge is 2.25. The molecule has 2 fully saturated rings. The lowest BCUT2D eigenvalue weighted by molar-refractivity contribution is -0.384. The van der Waals surface area contributed by atoms with E-state index in [4.69, 9.17) is 4.74 Å². The molecule has 4 aromatic carbocycles. The maximum atomic E-state index is 13.5. The zero-order chi connectivity index (χ0) is 33.8. The lowest BCUT2D eigenvalue weighted by atomic mass is 9.99. The SMILES string of the molecule is O=[N+]([O-])c1cc(S(=O)(=O)Nc2ncnc3cc(N4CCN(Cc5ccccc5-c5ccccc5)CC4)ccc23)ccc1NC1CCOCC1. The molecule has 0 radical (unpaired) electrons. The highest BCUT2D eigenvalue weighted by molar-refractivity contribution is 7.92. The van der Waals surface area contributed by atoms with Gasteiger partial charge in [0.2, 0.25) is 0 Å². The number of ether oxygens (including phenoxy) is 1. The minimum atomic E-state index is -4.20. The van der Waals surface area contributed by atoms with E-state index in [0.29, 0.717) is 37.0 Å². The lowest BCUT2D eigenvalue weighted by Gasteiger charge is -2.36. The van der Waals surface area contributed by atoms with E-state index in [0.717, 1.165) is 44.5 Å². The molecule has 0 spiro atoms. The highest BCUT2D eigenvalue weighted by Crippen LogP contribution is 2.32. The van der Waals surface area contributed by atoms with E-state index in [1.165, 1.54) is 35.2 Å². The predicted octanol–water partition coefficient (Wildman–Crippen LogP) is 5.92. The molecule has 13 heteroatoms. The first-order chi connectivity index (χ1) is 23.8. The zero-order valence-corrected chi connectivity index (χ0v) is 27.7. The number of fused-ring (bicyclic) bond motifs is 1. The zero-order valence-electron chi connectivity index (χ0n) is 26.9. The predicted molar refractivity (Wildman–Crippen MR) is 190 cm³/mol. The normalized spacial score (nSPS) is 16.0. The smallest absolute Gasteiger partial charge is 0.293 e. The molecule has 0 saturated carbocycles. The molecule has 2 N–H and O–H groups in total. The molecule has 2 aliphatic rings. The maximum absolute atomic E-state index is 13.5. The van der Waals surface area contributed by atoms with Crippen LogP contribution in [0.25, 0.3) is 22.0 Å². The molecule has 0 aliphatic carbocycles. The van der Waals surface area contributed by atoms with Gasteiger partial charge >= 0.3 is 0 Å². The first kappa shape index (κ1) is 32.4. The van der Waals surface area contributed by atoms with E-state index in [1.54, 1.807) is 0 Å². The molecule has 12 nitrogen and oxygen atoms in total. The summed E-state index contributed by atoms with van der Waals surface area (Å²) in [6.07, 6.45) is 2.73. The molecule has 0 bridgehead atoms. The fourth-order valence-electron chi connectivity index (χ4n) is 6.49. The Kier molecular flexibility index (Phi) is 9.38. The van der Waals surface area contributed by atoms with Crippen LogP contribution in [0.15, 0.2) is 102 Å². The number of benzene rings is 4. The Bertz CT molecular complexity index is 2070. The second kappa shape index (κ2) is 14.2. The Balaban J connectivity index is 1.03. The first-order valence-electron chi connectivity index (χ1n) is 16.3. The molecule has 0 amide bonds. The molecule has 3 heterocycles. The van der Waals surface area contributed by atoms with Gasteiger partial charge in [0.05, 0.1) is 15.3 Å². The fraction of sp³-hybridized carbons (Fsp3) is 0.278. The van der Waals surface area contributed by atoms with Crippen LogP contribution in [0.3, 0.4) is 0 Å². The number of sulfonamides is 1. The third-order valence-corrected chi connectivity index (χ3v) is 10.5. The summed E-state index contributed by atoms with van der Waals surface area (Å²) in [6.45, 7) is 5.46. The Hall–Kier alpha value is -5.11. The van der Waals surface area contributed by atoms with Gasteiger partial charge in [0, 0.05) is 69.1 Å². The molecule has 49 heavy (non-hydrogen) atoms. The highest BCUT2D eigenvalue weighted by atomic mass is 32.2. The summed E-state index contributed by atoms with van der Waals surface area (Å²) in [5.41, 5.74) is 5.31. The van der Waals surface area contributed by atoms with Gasteiger partial charge in [-0.1, -0.05) is 54.6 Å². The van der Waals surface area contributed by atoms with Gasteiger partial charge in [-0.25, -0.2) is 18.4 Å². The number of nitro groups is 1. The second-order valence-corrected chi connectivity index (χ2v) is 14.0. The van der Waals surface area contributed by atoms with Crippen molar-refractivity contribution in [3.05, 3.63) is 113 Å². The van der Waals surface area contributed by atoms with Crippen LogP contribution in [0, 0.1) is 10.1 Å². The van der Waals surface area contributed by atoms with Crippen molar-refractivity contribution in [2.24, 2.45) is 0 Å². The van der Waals surface area contributed by atoms with Crippen LogP contribution >= 0.6 is 0 Å². The van der Waals surface area contributed by atoms with Crippen molar-refractivity contribution in [3.8, 4) is 11.1 Å². The minimum Gasteiger partial charge on any atom is -0.381 e. The molecule has 0 atom stereocenters. The number of hydrogen-bond donors (Lipinski definition) is 2. The Morgan fingerprint density at radius 2 is 1.63 bits per heavy atom.